The molecule has 1 atom stereocenters. The summed E-state index contributed by atoms with van der Waals surface area (Å²) in [6.07, 6.45) is 2.30. The second-order valence-corrected chi connectivity index (χ2v) is 4.19. The van der Waals surface area contributed by atoms with Gasteiger partial charge in [-0.2, -0.15) is 0 Å². The normalized spacial score (nSPS) is 20.7. The third-order valence-electron chi connectivity index (χ3n) is 3.05. The lowest BCUT2D eigenvalue weighted by atomic mass is 10.1. The van der Waals surface area contributed by atoms with E-state index in [2.05, 4.69) is 11.0 Å². The van der Waals surface area contributed by atoms with Crippen LogP contribution in [0.3, 0.4) is 0 Å². The first-order valence-electron chi connectivity index (χ1n) is 5.49. The van der Waals surface area contributed by atoms with Crippen LogP contribution in [0.15, 0.2) is 24.3 Å². The highest BCUT2D eigenvalue weighted by atomic mass is 35.5. The monoisotopic (exact) mass is 242 g/mol. The van der Waals surface area contributed by atoms with Gasteiger partial charge in [-0.1, -0.05) is 12.1 Å². The number of nitrogen functional groups attached to an aromatic ring is 1. The molecule has 1 aromatic rings. The van der Waals surface area contributed by atoms with Gasteiger partial charge in [0.05, 0.1) is 6.61 Å². The molecule has 0 aromatic heterocycles. The topological polar surface area (TPSA) is 49.5 Å². The maximum absolute atomic E-state index is 9.20. The molecule has 0 amide bonds. The number of rotatable bonds is 3. The molecule has 0 bridgehead atoms. The first kappa shape index (κ1) is 13.3. The molecule has 0 saturated carbocycles. The smallest absolute Gasteiger partial charge is 0.0587 e. The number of halogens is 1. The van der Waals surface area contributed by atoms with Crippen LogP contribution in [0.1, 0.15) is 18.4 Å². The summed E-state index contributed by atoms with van der Waals surface area (Å²) in [6.45, 7) is 2.25. The number of nitrogens with two attached hydrogens (primary N) is 1. The molecule has 90 valence electrons. The van der Waals surface area contributed by atoms with Crippen LogP contribution in [0.4, 0.5) is 5.69 Å². The van der Waals surface area contributed by atoms with Crippen LogP contribution in [0.2, 0.25) is 0 Å². The zero-order valence-electron chi connectivity index (χ0n) is 9.30. The number of aliphatic hydroxyl groups is 1. The summed E-state index contributed by atoms with van der Waals surface area (Å²) in [5.74, 6) is 0. The molecule has 0 spiro atoms. The fourth-order valence-electron chi connectivity index (χ4n) is 2.24. The predicted molar refractivity (Wildman–Crippen MR) is 68.6 cm³/mol. The highest BCUT2D eigenvalue weighted by Crippen LogP contribution is 2.20. The van der Waals surface area contributed by atoms with Crippen molar-refractivity contribution in [3.8, 4) is 0 Å². The van der Waals surface area contributed by atoms with E-state index in [4.69, 9.17) is 5.73 Å². The second kappa shape index (κ2) is 6.09. The number of aliphatic hydroxyl groups excluding tert-OH is 1. The Bertz CT molecular complexity index is 333. The van der Waals surface area contributed by atoms with E-state index >= 15 is 0 Å². The summed E-state index contributed by atoms with van der Waals surface area (Å²) >= 11 is 0. The Kier molecular flexibility index (Phi) is 5.06. The molecule has 2 rings (SSSR count). The van der Waals surface area contributed by atoms with Crippen LogP contribution < -0.4 is 5.73 Å². The minimum absolute atomic E-state index is 0. The largest absolute Gasteiger partial charge is 0.399 e. The molecule has 4 heteroatoms. The Morgan fingerprint density at radius 2 is 2.25 bits per heavy atom. The van der Waals surface area contributed by atoms with Crippen molar-refractivity contribution in [2.75, 3.05) is 18.9 Å². The summed E-state index contributed by atoms with van der Waals surface area (Å²) in [6, 6.07) is 8.31. The maximum atomic E-state index is 9.20. The summed E-state index contributed by atoms with van der Waals surface area (Å²) < 4.78 is 0. The summed E-state index contributed by atoms with van der Waals surface area (Å²) in [5.41, 5.74) is 7.78. The Morgan fingerprint density at radius 1 is 1.44 bits per heavy atom. The Labute approximate surface area is 103 Å². The number of anilines is 1. The second-order valence-electron chi connectivity index (χ2n) is 4.19. The standard InChI is InChI=1S/C12H18N2O.ClH/c13-11-4-1-3-10(7-11)8-14-6-2-5-12(14)9-15;/h1,3-4,7,12,15H,2,5-6,8-9,13H2;1H/t12-;/m1./s1. The number of nitrogens with zero attached hydrogens (tertiary/aromatic N) is 1. The van der Waals surface area contributed by atoms with Gasteiger partial charge in [0, 0.05) is 18.3 Å². The van der Waals surface area contributed by atoms with Gasteiger partial charge < -0.3 is 10.8 Å². The molecule has 0 unspecified atom stereocenters. The lowest BCUT2D eigenvalue weighted by Gasteiger charge is -2.22. The lowest BCUT2D eigenvalue weighted by Crippen LogP contribution is -2.31. The first-order valence-corrected chi connectivity index (χ1v) is 5.49. The van der Waals surface area contributed by atoms with Gasteiger partial charge in [0.15, 0.2) is 0 Å². The quantitative estimate of drug-likeness (QED) is 0.793. The van der Waals surface area contributed by atoms with E-state index < -0.39 is 0 Å². The minimum atomic E-state index is 0. The molecule has 1 aliphatic rings. The van der Waals surface area contributed by atoms with Crippen LogP contribution >= 0.6 is 12.4 Å². The molecule has 1 heterocycles. The fourth-order valence-corrected chi connectivity index (χ4v) is 2.24. The van der Waals surface area contributed by atoms with Gasteiger partial charge in [-0.25, -0.2) is 0 Å². The average Bonchev–Trinajstić information content (AvgIpc) is 2.65. The van der Waals surface area contributed by atoms with Crippen LogP contribution in [-0.2, 0) is 6.54 Å². The highest BCUT2D eigenvalue weighted by molar-refractivity contribution is 5.85. The average molecular weight is 243 g/mol. The van der Waals surface area contributed by atoms with Crippen molar-refractivity contribution in [2.24, 2.45) is 0 Å². The van der Waals surface area contributed by atoms with Crippen LogP contribution in [0, 0.1) is 0 Å². The zero-order valence-corrected chi connectivity index (χ0v) is 10.1. The van der Waals surface area contributed by atoms with E-state index in [1.807, 2.05) is 18.2 Å². The van der Waals surface area contributed by atoms with E-state index in [0.717, 1.165) is 25.2 Å². The predicted octanol–water partition coefficient (Wildman–Crippen LogP) is 1.65. The third-order valence-corrected chi connectivity index (χ3v) is 3.05. The molecule has 1 aromatic carbocycles. The summed E-state index contributed by atoms with van der Waals surface area (Å²) in [7, 11) is 0. The van der Waals surface area contributed by atoms with Gasteiger partial charge in [0.1, 0.15) is 0 Å². The van der Waals surface area contributed by atoms with Gasteiger partial charge >= 0.3 is 0 Å². The van der Waals surface area contributed by atoms with E-state index in [9.17, 15) is 5.11 Å². The van der Waals surface area contributed by atoms with Gasteiger partial charge in [0.25, 0.3) is 0 Å². The van der Waals surface area contributed by atoms with E-state index in [1.165, 1.54) is 12.0 Å². The zero-order chi connectivity index (χ0) is 10.7. The van der Waals surface area contributed by atoms with Crippen molar-refractivity contribution in [3.63, 3.8) is 0 Å². The Hall–Kier alpha value is -0.770. The number of benzene rings is 1. The molecular weight excluding hydrogens is 224 g/mol. The molecular formula is C12H19ClN2O. The van der Waals surface area contributed by atoms with Crippen molar-refractivity contribution in [2.45, 2.75) is 25.4 Å². The number of hydrogen-bond donors (Lipinski definition) is 2. The molecule has 1 fully saturated rings. The molecule has 1 saturated heterocycles. The Morgan fingerprint density at radius 3 is 2.94 bits per heavy atom. The van der Waals surface area contributed by atoms with E-state index in [-0.39, 0.29) is 19.0 Å². The van der Waals surface area contributed by atoms with Crippen molar-refractivity contribution >= 4 is 18.1 Å². The SMILES string of the molecule is Cl.Nc1cccc(CN2CCC[C@@H]2CO)c1. The van der Waals surface area contributed by atoms with Gasteiger partial charge in [-0.3, -0.25) is 4.90 Å². The van der Waals surface area contributed by atoms with Crippen LogP contribution in [-0.4, -0.2) is 29.2 Å². The van der Waals surface area contributed by atoms with Gasteiger partial charge in [-0.05, 0) is 37.1 Å². The molecule has 3 N–H and O–H groups in total. The van der Waals surface area contributed by atoms with Gasteiger partial charge in [0.2, 0.25) is 0 Å². The van der Waals surface area contributed by atoms with Crippen LogP contribution in [0.5, 0.6) is 0 Å². The van der Waals surface area contributed by atoms with Crippen molar-refractivity contribution in [1.29, 1.82) is 0 Å². The molecule has 16 heavy (non-hydrogen) atoms. The number of likely N-dealkylation sites (tertiary alicyclic amines) is 1. The maximum Gasteiger partial charge on any atom is 0.0587 e. The van der Waals surface area contributed by atoms with Crippen molar-refractivity contribution in [1.82, 2.24) is 4.90 Å². The van der Waals surface area contributed by atoms with Gasteiger partial charge in [-0.15, -0.1) is 12.4 Å². The summed E-state index contributed by atoms with van der Waals surface area (Å²) in [4.78, 5) is 2.33. The molecule has 0 aliphatic carbocycles. The molecule has 1 aliphatic heterocycles. The fraction of sp³-hybridized carbons (Fsp3) is 0.500. The molecule has 0 radical (unpaired) electrons. The van der Waals surface area contributed by atoms with Crippen molar-refractivity contribution < 1.29 is 5.11 Å². The Balaban J connectivity index is 0.00000128. The van der Waals surface area contributed by atoms with E-state index in [1.54, 1.807) is 0 Å². The highest BCUT2D eigenvalue weighted by Gasteiger charge is 2.23. The lowest BCUT2D eigenvalue weighted by molar-refractivity contribution is 0.153. The minimum Gasteiger partial charge on any atom is -0.399 e. The van der Waals surface area contributed by atoms with E-state index in [0.29, 0.717) is 6.04 Å². The third kappa shape index (κ3) is 3.11. The van der Waals surface area contributed by atoms with Crippen LogP contribution in [0.25, 0.3) is 0 Å². The summed E-state index contributed by atoms with van der Waals surface area (Å²) in [5, 5.41) is 9.20. The first-order chi connectivity index (χ1) is 7.29. The molecule has 3 nitrogen and oxygen atoms in total. The van der Waals surface area contributed by atoms with Crippen molar-refractivity contribution in [3.05, 3.63) is 29.8 Å². The number of hydrogen-bond acceptors (Lipinski definition) is 3.